The van der Waals surface area contributed by atoms with Gasteiger partial charge < -0.3 is 9.88 Å². The largest absolute Gasteiger partial charge is 0.347 e. The molecule has 0 saturated heterocycles. The van der Waals surface area contributed by atoms with Crippen molar-refractivity contribution in [2.45, 2.75) is 38.8 Å². The Morgan fingerprint density at radius 1 is 1.63 bits per heavy atom. The highest BCUT2D eigenvalue weighted by Crippen LogP contribution is 2.19. The molecule has 0 radical (unpaired) electrons. The molecule has 100 valence electrons. The summed E-state index contributed by atoms with van der Waals surface area (Å²) in [5, 5.41) is 5.14. The lowest BCUT2D eigenvalue weighted by atomic mass is 10.1. The first-order chi connectivity index (χ1) is 9.28. The third-order valence-corrected chi connectivity index (χ3v) is 4.56. The van der Waals surface area contributed by atoms with Gasteiger partial charge >= 0.3 is 0 Å². The lowest BCUT2D eigenvalue weighted by molar-refractivity contribution is 0.0931. The van der Waals surface area contributed by atoms with Crippen LogP contribution in [-0.2, 0) is 19.4 Å². The molecule has 0 aromatic carbocycles. The van der Waals surface area contributed by atoms with Crippen LogP contribution in [0.3, 0.4) is 0 Å². The molecule has 1 aliphatic rings. The van der Waals surface area contributed by atoms with Crippen molar-refractivity contribution in [3.8, 4) is 0 Å². The average Bonchev–Trinajstić information content (AvgIpc) is 3.06. The van der Waals surface area contributed by atoms with Gasteiger partial charge in [-0.05, 0) is 29.9 Å². The molecule has 1 N–H and O–H groups in total. The number of aryl methyl sites for hydroxylation is 2. The monoisotopic (exact) mass is 275 g/mol. The van der Waals surface area contributed by atoms with Gasteiger partial charge in [-0.1, -0.05) is 6.92 Å². The molecule has 0 saturated carbocycles. The number of nitrogens with one attached hydrogen (secondary N) is 1. The Hall–Kier alpha value is -1.62. The lowest BCUT2D eigenvalue weighted by Gasteiger charge is -2.24. The molecule has 0 fully saturated rings. The summed E-state index contributed by atoms with van der Waals surface area (Å²) in [5.74, 6) is 1.19. The lowest BCUT2D eigenvalue weighted by Crippen LogP contribution is -2.40. The van der Waals surface area contributed by atoms with E-state index in [0.29, 0.717) is 0 Å². The Kier molecular flexibility index (Phi) is 3.38. The minimum Gasteiger partial charge on any atom is -0.347 e. The number of carbonyl (C=O) groups is 1. The molecule has 1 atom stereocenters. The first-order valence-electron chi connectivity index (χ1n) is 6.65. The summed E-state index contributed by atoms with van der Waals surface area (Å²) in [6.07, 6.45) is 6.62. The summed E-state index contributed by atoms with van der Waals surface area (Å²) in [6.45, 7) is 2.91. The van der Waals surface area contributed by atoms with Gasteiger partial charge in [-0.3, -0.25) is 4.79 Å². The Morgan fingerprint density at radius 2 is 2.53 bits per heavy atom. The fourth-order valence-electron chi connectivity index (χ4n) is 2.55. The highest BCUT2D eigenvalue weighted by Gasteiger charge is 2.22. The van der Waals surface area contributed by atoms with E-state index in [9.17, 15) is 4.79 Å². The van der Waals surface area contributed by atoms with Gasteiger partial charge in [-0.15, -0.1) is 11.3 Å². The second-order valence-corrected chi connectivity index (χ2v) is 5.75. The van der Waals surface area contributed by atoms with Gasteiger partial charge in [0.05, 0.1) is 4.88 Å². The normalized spacial score (nSPS) is 18.1. The molecule has 19 heavy (non-hydrogen) atoms. The van der Waals surface area contributed by atoms with Crippen LogP contribution in [0.15, 0.2) is 23.8 Å². The highest BCUT2D eigenvalue weighted by atomic mass is 32.1. The van der Waals surface area contributed by atoms with Crippen molar-refractivity contribution in [2.75, 3.05) is 0 Å². The fraction of sp³-hybridized carbons (Fsp3) is 0.429. The average molecular weight is 275 g/mol. The van der Waals surface area contributed by atoms with Gasteiger partial charge in [-0.25, -0.2) is 4.98 Å². The van der Waals surface area contributed by atoms with Gasteiger partial charge in [0.1, 0.15) is 5.82 Å². The summed E-state index contributed by atoms with van der Waals surface area (Å²) in [4.78, 5) is 17.4. The van der Waals surface area contributed by atoms with Crippen LogP contribution in [0, 0.1) is 0 Å². The van der Waals surface area contributed by atoms with Crippen molar-refractivity contribution in [1.29, 1.82) is 0 Å². The maximum absolute atomic E-state index is 12.3. The van der Waals surface area contributed by atoms with Crippen LogP contribution < -0.4 is 5.32 Å². The van der Waals surface area contributed by atoms with E-state index >= 15 is 0 Å². The molecule has 2 aromatic heterocycles. The summed E-state index contributed by atoms with van der Waals surface area (Å²) >= 11 is 1.53. The third-order valence-electron chi connectivity index (χ3n) is 3.60. The van der Waals surface area contributed by atoms with Gasteiger partial charge in [0.2, 0.25) is 0 Å². The van der Waals surface area contributed by atoms with E-state index in [1.165, 1.54) is 11.3 Å². The van der Waals surface area contributed by atoms with E-state index in [4.69, 9.17) is 0 Å². The smallest absolute Gasteiger partial charge is 0.261 e. The van der Waals surface area contributed by atoms with Crippen LogP contribution in [0.25, 0.3) is 0 Å². The van der Waals surface area contributed by atoms with Crippen LogP contribution in [0.5, 0.6) is 0 Å². The van der Waals surface area contributed by atoms with Gasteiger partial charge in [-0.2, -0.15) is 0 Å². The van der Waals surface area contributed by atoms with Gasteiger partial charge in [0.15, 0.2) is 0 Å². The number of carbonyl (C=O) groups excluding carboxylic acids is 1. The highest BCUT2D eigenvalue weighted by molar-refractivity contribution is 7.12. The van der Waals surface area contributed by atoms with Crippen LogP contribution in [0.4, 0.5) is 0 Å². The Bertz CT molecular complexity index is 587. The number of rotatable bonds is 3. The molecule has 1 unspecified atom stereocenters. The van der Waals surface area contributed by atoms with E-state index in [0.717, 1.165) is 42.1 Å². The Morgan fingerprint density at radius 3 is 3.37 bits per heavy atom. The molecular weight excluding hydrogens is 258 g/mol. The van der Waals surface area contributed by atoms with E-state index in [1.54, 1.807) is 0 Å². The molecule has 0 bridgehead atoms. The predicted molar refractivity (Wildman–Crippen MR) is 75.5 cm³/mol. The molecule has 3 heterocycles. The zero-order valence-corrected chi connectivity index (χ0v) is 11.7. The topological polar surface area (TPSA) is 46.9 Å². The first-order valence-corrected chi connectivity index (χ1v) is 7.53. The summed E-state index contributed by atoms with van der Waals surface area (Å²) in [6, 6.07) is 2.25. The van der Waals surface area contributed by atoms with Crippen molar-refractivity contribution in [3.63, 3.8) is 0 Å². The maximum Gasteiger partial charge on any atom is 0.261 e. The molecule has 4 nitrogen and oxygen atoms in total. The summed E-state index contributed by atoms with van der Waals surface area (Å²) in [7, 11) is 0. The van der Waals surface area contributed by atoms with Crippen molar-refractivity contribution >= 4 is 17.2 Å². The molecular formula is C14H17N3OS. The SMILES string of the molecule is CCc1ccsc1C(=O)NC1CCc2nccn2C1. The first kappa shape index (κ1) is 12.4. The number of imidazole rings is 1. The van der Waals surface area contributed by atoms with Crippen molar-refractivity contribution in [1.82, 2.24) is 14.9 Å². The standard InChI is InChI=1S/C14H17N3OS/c1-2-10-5-8-19-13(10)14(18)16-11-3-4-12-15-6-7-17(12)9-11/h5-8,11H,2-4,9H2,1H3,(H,16,18). The maximum atomic E-state index is 12.3. The number of aromatic nitrogens is 2. The molecule has 1 amide bonds. The van der Waals surface area contributed by atoms with Crippen molar-refractivity contribution in [2.24, 2.45) is 0 Å². The number of amides is 1. The number of hydrogen-bond donors (Lipinski definition) is 1. The number of fused-ring (bicyclic) bond motifs is 1. The van der Waals surface area contributed by atoms with E-state index < -0.39 is 0 Å². The van der Waals surface area contributed by atoms with E-state index in [1.807, 2.05) is 23.8 Å². The Balaban J connectivity index is 1.68. The molecule has 1 aliphatic heterocycles. The zero-order chi connectivity index (χ0) is 13.2. The second kappa shape index (κ2) is 5.17. The quantitative estimate of drug-likeness (QED) is 0.934. The van der Waals surface area contributed by atoms with Crippen molar-refractivity contribution in [3.05, 3.63) is 40.1 Å². The minimum atomic E-state index is 0.0698. The Labute approximate surface area is 116 Å². The summed E-state index contributed by atoms with van der Waals surface area (Å²) in [5.41, 5.74) is 1.14. The van der Waals surface area contributed by atoms with Gasteiger partial charge in [0.25, 0.3) is 5.91 Å². The number of hydrogen-bond acceptors (Lipinski definition) is 3. The van der Waals surface area contributed by atoms with Crippen LogP contribution in [0.2, 0.25) is 0 Å². The van der Waals surface area contributed by atoms with Crippen LogP contribution in [0.1, 0.15) is 34.4 Å². The number of nitrogens with zero attached hydrogens (tertiary/aromatic N) is 2. The van der Waals surface area contributed by atoms with E-state index in [2.05, 4.69) is 21.8 Å². The second-order valence-electron chi connectivity index (χ2n) is 4.83. The predicted octanol–water partition coefficient (Wildman–Crippen LogP) is 2.25. The molecule has 3 rings (SSSR count). The van der Waals surface area contributed by atoms with Crippen molar-refractivity contribution < 1.29 is 4.79 Å². The van der Waals surface area contributed by atoms with E-state index in [-0.39, 0.29) is 11.9 Å². The van der Waals surface area contributed by atoms with Gasteiger partial charge in [0, 0.05) is 31.4 Å². The van der Waals surface area contributed by atoms with Crippen LogP contribution in [-0.4, -0.2) is 21.5 Å². The molecule has 5 heteroatoms. The third kappa shape index (κ3) is 2.42. The summed E-state index contributed by atoms with van der Waals surface area (Å²) < 4.78 is 2.13. The fourth-order valence-corrected chi connectivity index (χ4v) is 3.45. The minimum absolute atomic E-state index is 0.0698. The molecule has 0 aliphatic carbocycles. The molecule has 2 aromatic rings. The van der Waals surface area contributed by atoms with Crippen LogP contribution >= 0.6 is 11.3 Å². The zero-order valence-electron chi connectivity index (χ0n) is 10.9. The molecule has 0 spiro atoms. The number of thiophene rings is 1.